The third kappa shape index (κ3) is 6.00. The van der Waals surface area contributed by atoms with Crippen molar-refractivity contribution in [2.45, 2.75) is 26.9 Å². The van der Waals surface area contributed by atoms with Gasteiger partial charge in [-0.05, 0) is 38.1 Å². The van der Waals surface area contributed by atoms with Crippen molar-refractivity contribution in [1.82, 2.24) is 25.6 Å². The first-order chi connectivity index (χ1) is 15.6. The maximum Gasteiger partial charge on any atom is 0.270 e. The molecule has 0 spiro atoms. The lowest BCUT2D eigenvalue weighted by Gasteiger charge is -2.11. The number of pyridine rings is 3. The summed E-state index contributed by atoms with van der Waals surface area (Å²) in [7, 11) is 0. The molecule has 0 bridgehead atoms. The minimum Gasteiger partial charge on any atom is -0.478 e. The number of amides is 2. The van der Waals surface area contributed by atoms with E-state index in [0.29, 0.717) is 25.0 Å². The molecule has 0 saturated carbocycles. The molecular weight excluding hydrogens is 410 g/mol. The van der Waals surface area contributed by atoms with Gasteiger partial charge in [0, 0.05) is 36.6 Å². The summed E-state index contributed by atoms with van der Waals surface area (Å²) in [5, 5.41) is 5.56. The zero-order chi connectivity index (χ0) is 22.8. The minimum absolute atomic E-state index is 0.135. The molecule has 0 atom stereocenters. The first-order valence-electron chi connectivity index (χ1n) is 10.3. The Bertz CT molecular complexity index is 993. The van der Waals surface area contributed by atoms with Crippen LogP contribution in [-0.2, 0) is 13.1 Å². The Balaban J connectivity index is 1.62. The van der Waals surface area contributed by atoms with Crippen LogP contribution in [0.1, 0.15) is 46.0 Å². The van der Waals surface area contributed by atoms with E-state index in [1.54, 1.807) is 42.7 Å². The number of ether oxygens (including phenoxy) is 2. The van der Waals surface area contributed by atoms with Crippen LogP contribution in [0.25, 0.3) is 0 Å². The van der Waals surface area contributed by atoms with E-state index in [4.69, 9.17) is 9.47 Å². The second kappa shape index (κ2) is 11.4. The monoisotopic (exact) mass is 435 g/mol. The Kier molecular flexibility index (Phi) is 8.08. The molecule has 166 valence electrons. The standard InChI is InChI=1S/C23H25N5O4/c1-3-31-22-16(8-6-12-24-22)14-26-20(29)18-10-5-11-19(28-18)21(30)27-15-17-9-7-13-25-23(17)32-4-2/h5-13H,3-4,14-15H2,1-2H3,(H,26,29)(H,27,30). The van der Waals surface area contributed by atoms with Crippen LogP contribution in [0.4, 0.5) is 0 Å². The zero-order valence-electron chi connectivity index (χ0n) is 18.0. The van der Waals surface area contributed by atoms with Gasteiger partial charge in [0.05, 0.1) is 13.2 Å². The fraction of sp³-hybridized carbons (Fsp3) is 0.261. The maximum atomic E-state index is 12.6. The Labute approximate surface area is 186 Å². The third-order valence-electron chi connectivity index (χ3n) is 4.36. The van der Waals surface area contributed by atoms with E-state index in [1.807, 2.05) is 26.0 Å². The van der Waals surface area contributed by atoms with E-state index in [2.05, 4.69) is 25.6 Å². The van der Waals surface area contributed by atoms with Gasteiger partial charge in [-0.25, -0.2) is 15.0 Å². The number of hydrogen-bond donors (Lipinski definition) is 2. The average molecular weight is 435 g/mol. The summed E-state index contributed by atoms with van der Waals surface area (Å²) >= 11 is 0. The number of rotatable bonds is 10. The molecule has 9 nitrogen and oxygen atoms in total. The Morgan fingerprint density at radius 3 is 1.66 bits per heavy atom. The molecule has 2 amide bonds. The van der Waals surface area contributed by atoms with Gasteiger partial charge >= 0.3 is 0 Å². The van der Waals surface area contributed by atoms with Gasteiger partial charge in [0.2, 0.25) is 11.8 Å². The van der Waals surface area contributed by atoms with Gasteiger partial charge in [-0.2, -0.15) is 0 Å². The number of aromatic nitrogens is 3. The van der Waals surface area contributed by atoms with Crippen LogP contribution in [0.3, 0.4) is 0 Å². The van der Waals surface area contributed by atoms with Crippen molar-refractivity contribution in [2.24, 2.45) is 0 Å². The zero-order valence-corrected chi connectivity index (χ0v) is 18.0. The molecule has 3 rings (SSSR count). The van der Waals surface area contributed by atoms with Crippen molar-refractivity contribution >= 4 is 11.8 Å². The summed E-state index contributed by atoms with van der Waals surface area (Å²) in [6.45, 7) is 5.12. The molecule has 3 aromatic heterocycles. The average Bonchev–Trinajstić information content (AvgIpc) is 2.83. The third-order valence-corrected chi connectivity index (χ3v) is 4.36. The lowest BCUT2D eigenvalue weighted by atomic mass is 10.2. The molecule has 32 heavy (non-hydrogen) atoms. The normalized spacial score (nSPS) is 10.3. The highest BCUT2D eigenvalue weighted by atomic mass is 16.5. The molecule has 3 aromatic rings. The number of hydrogen-bond acceptors (Lipinski definition) is 7. The molecule has 3 heterocycles. The van der Waals surface area contributed by atoms with Gasteiger partial charge in [-0.1, -0.05) is 18.2 Å². The molecule has 0 radical (unpaired) electrons. The van der Waals surface area contributed by atoms with Crippen LogP contribution in [0.2, 0.25) is 0 Å². The predicted octanol–water partition coefficient (Wildman–Crippen LogP) is 2.53. The van der Waals surface area contributed by atoms with Crippen LogP contribution in [0, 0.1) is 0 Å². The smallest absolute Gasteiger partial charge is 0.270 e. The molecule has 0 fully saturated rings. The molecule has 0 aliphatic heterocycles. The Morgan fingerprint density at radius 2 is 1.22 bits per heavy atom. The summed E-state index contributed by atoms with van der Waals surface area (Å²) in [5.41, 5.74) is 1.77. The van der Waals surface area contributed by atoms with Gasteiger partial charge in [0.25, 0.3) is 11.8 Å². The van der Waals surface area contributed by atoms with Gasteiger partial charge in [0.1, 0.15) is 11.4 Å². The number of nitrogens with one attached hydrogen (secondary N) is 2. The van der Waals surface area contributed by atoms with E-state index in [1.165, 1.54) is 0 Å². The van der Waals surface area contributed by atoms with Crippen molar-refractivity contribution in [3.05, 3.63) is 77.4 Å². The second-order valence-corrected chi connectivity index (χ2v) is 6.57. The van der Waals surface area contributed by atoms with E-state index in [-0.39, 0.29) is 24.5 Å². The molecule has 2 N–H and O–H groups in total. The highest BCUT2D eigenvalue weighted by molar-refractivity contribution is 5.96. The SMILES string of the molecule is CCOc1ncccc1CNC(=O)c1cccc(C(=O)NCc2cccnc2OCC)n1. The summed E-state index contributed by atoms with van der Waals surface area (Å²) in [5.74, 6) is 0.130. The van der Waals surface area contributed by atoms with Crippen LogP contribution in [0.15, 0.2) is 54.9 Å². The van der Waals surface area contributed by atoms with Crippen molar-refractivity contribution < 1.29 is 19.1 Å². The highest BCUT2D eigenvalue weighted by Crippen LogP contribution is 2.15. The largest absolute Gasteiger partial charge is 0.478 e. The van der Waals surface area contributed by atoms with Crippen LogP contribution >= 0.6 is 0 Å². The van der Waals surface area contributed by atoms with Crippen molar-refractivity contribution in [1.29, 1.82) is 0 Å². The lowest BCUT2D eigenvalue weighted by Crippen LogP contribution is -2.27. The van der Waals surface area contributed by atoms with E-state index >= 15 is 0 Å². The topological polar surface area (TPSA) is 115 Å². The van der Waals surface area contributed by atoms with Crippen LogP contribution in [-0.4, -0.2) is 40.0 Å². The van der Waals surface area contributed by atoms with E-state index < -0.39 is 11.8 Å². The highest BCUT2D eigenvalue weighted by Gasteiger charge is 2.14. The lowest BCUT2D eigenvalue weighted by molar-refractivity contribution is 0.0941. The van der Waals surface area contributed by atoms with E-state index in [9.17, 15) is 9.59 Å². The van der Waals surface area contributed by atoms with Crippen molar-refractivity contribution in [2.75, 3.05) is 13.2 Å². The van der Waals surface area contributed by atoms with Crippen LogP contribution < -0.4 is 20.1 Å². The Morgan fingerprint density at radius 1 is 0.750 bits per heavy atom. The molecule has 0 aromatic carbocycles. The predicted molar refractivity (Wildman–Crippen MR) is 117 cm³/mol. The number of nitrogens with zero attached hydrogens (tertiary/aromatic N) is 3. The fourth-order valence-corrected chi connectivity index (χ4v) is 2.87. The molecule has 0 aliphatic rings. The van der Waals surface area contributed by atoms with Crippen molar-refractivity contribution in [3.8, 4) is 11.8 Å². The number of carbonyl (C=O) groups excluding carboxylic acids is 2. The van der Waals surface area contributed by atoms with Gasteiger partial charge in [-0.3, -0.25) is 9.59 Å². The molecule has 0 saturated heterocycles. The summed E-state index contributed by atoms with van der Waals surface area (Å²) in [6, 6.07) is 11.9. The molecule has 0 unspecified atom stereocenters. The van der Waals surface area contributed by atoms with Gasteiger partial charge in [0.15, 0.2) is 0 Å². The van der Waals surface area contributed by atoms with Gasteiger partial charge < -0.3 is 20.1 Å². The van der Waals surface area contributed by atoms with Crippen LogP contribution in [0.5, 0.6) is 11.8 Å². The molecule has 9 heteroatoms. The van der Waals surface area contributed by atoms with Crippen molar-refractivity contribution in [3.63, 3.8) is 0 Å². The summed E-state index contributed by atoms with van der Waals surface area (Å²) in [6.07, 6.45) is 3.26. The number of carbonyl (C=O) groups is 2. The first kappa shape index (κ1) is 22.7. The molecule has 0 aliphatic carbocycles. The summed E-state index contributed by atoms with van der Waals surface area (Å²) < 4.78 is 10.9. The maximum absolute atomic E-state index is 12.6. The van der Waals surface area contributed by atoms with Gasteiger partial charge in [-0.15, -0.1) is 0 Å². The molecular formula is C23H25N5O4. The second-order valence-electron chi connectivity index (χ2n) is 6.57. The summed E-state index contributed by atoms with van der Waals surface area (Å²) in [4.78, 5) is 37.7. The first-order valence-corrected chi connectivity index (χ1v) is 10.3. The quantitative estimate of drug-likeness (QED) is 0.503. The Hall–Kier alpha value is -4.01. The minimum atomic E-state index is -0.406. The van der Waals surface area contributed by atoms with E-state index in [0.717, 1.165) is 11.1 Å². The fourth-order valence-electron chi connectivity index (χ4n) is 2.87.